The van der Waals surface area contributed by atoms with E-state index in [0.717, 1.165) is 17.8 Å². The first-order valence-electron chi connectivity index (χ1n) is 7.72. The monoisotopic (exact) mass is 402 g/mol. The summed E-state index contributed by atoms with van der Waals surface area (Å²) in [6.07, 6.45) is -3.78. The van der Waals surface area contributed by atoms with Gasteiger partial charge in [0.1, 0.15) is 10.8 Å². The third kappa shape index (κ3) is 4.42. The van der Waals surface area contributed by atoms with E-state index in [-0.39, 0.29) is 10.9 Å². The molecule has 1 aromatic heterocycles. The van der Waals surface area contributed by atoms with Gasteiger partial charge in [0.2, 0.25) is 0 Å². The van der Waals surface area contributed by atoms with Gasteiger partial charge in [-0.3, -0.25) is 4.79 Å². The van der Waals surface area contributed by atoms with E-state index in [2.05, 4.69) is 10.3 Å². The van der Waals surface area contributed by atoms with Crippen LogP contribution in [0.2, 0.25) is 5.02 Å². The zero-order valence-corrected chi connectivity index (χ0v) is 14.9. The first-order chi connectivity index (χ1) is 12.3. The first-order valence-corrected chi connectivity index (χ1v) is 9.09. The van der Waals surface area contributed by atoms with E-state index in [0.29, 0.717) is 29.5 Å². The highest BCUT2D eigenvalue weighted by Crippen LogP contribution is 2.33. The molecule has 1 aliphatic heterocycles. The molecule has 0 radical (unpaired) electrons. The molecule has 0 saturated heterocycles. The van der Waals surface area contributed by atoms with Gasteiger partial charge in [-0.2, -0.15) is 13.2 Å². The fraction of sp³-hybridized carbons (Fsp3) is 0.294. The molecule has 0 saturated carbocycles. The normalized spacial score (nSPS) is 16.1. The number of aromatic nitrogens is 1. The fourth-order valence-electron chi connectivity index (χ4n) is 2.45. The molecular weight excluding hydrogens is 389 g/mol. The number of carbonyl (C=O) groups excluding carboxylic acids is 1. The maximum Gasteiger partial charge on any atom is 0.417 e. The summed E-state index contributed by atoms with van der Waals surface area (Å²) in [5.74, 6) is 0.903. The minimum absolute atomic E-state index is 0.0641. The van der Waals surface area contributed by atoms with E-state index in [1.54, 1.807) is 0 Å². The molecule has 26 heavy (non-hydrogen) atoms. The van der Waals surface area contributed by atoms with Gasteiger partial charge in [-0.15, -0.1) is 11.8 Å². The van der Waals surface area contributed by atoms with Crippen LogP contribution in [0.1, 0.15) is 11.1 Å². The molecule has 0 bridgehead atoms. The van der Waals surface area contributed by atoms with E-state index in [1.165, 1.54) is 11.8 Å². The summed E-state index contributed by atoms with van der Waals surface area (Å²) in [4.78, 5) is 15.9. The zero-order chi connectivity index (χ0) is 18.7. The topological polar surface area (TPSA) is 51.2 Å². The van der Waals surface area contributed by atoms with Crippen molar-refractivity contribution < 1.29 is 22.7 Å². The number of halogens is 4. The summed E-state index contributed by atoms with van der Waals surface area (Å²) in [5, 5.41) is 2.98. The summed E-state index contributed by atoms with van der Waals surface area (Å²) in [6.45, 7) is 0.318. The molecule has 1 aromatic carbocycles. The number of nitrogens with zero attached hydrogens (tertiary/aromatic N) is 1. The highest BCUT2D eigenvalue weighted by molar-refractivity contribution is 7.99. The number of carbonyl (C=O) groups is 1. The van der Waals surface area contributed by atoms with Gasteiger partial charge < -0.3 is 10.1 Å². The van der Waals surface area contributed by atoms with Crippen LogP contribution < -0.4 is 10.1 Å². The smallest absolute Gasteiger partial charge is 0.417 e. The Hall–Kier alpha value is -1.93. The van der Waals surface area contributed by atoms with Gasteiger partial charge in [-0.05, 0) is 17.7 Å². The minimum Gasteiger partial charge on any atom is -0.480 e. The Bertz CT molecular complexity index is 792. The van der Waals surface area contributed by atoms with Gasteiger partial charge in [-0.25, -0.2) is 4.98 Å². The Morgan fingerprint density at radius 2 is 2.15 bits per heavy atom. The van der Waals surface area contributed by atoms with Gasteiger partial charge in [0.25, 0.3) is 5.91 Å². The maximum atomic E-state index is 12.6. The summed E-state index contributed by atoms with van der Waals surface area (Å²) in [6, 6.07) is 8.31. The quantitative estimate of drug-likeness (QED) is 0.607. The van der Waals surface area contributed by atoms with Crippen molar-refractivity contribution in [1.29, 1.82) is 0 Å². The summed E-state index contributed by atoms with van der Waals surface area (Å²) >= 11 is 7.01. The lowest BCUT2D eigenvalue weighted by molar-refractivity contribution is -0.137. The Balaban J connectivity index is 1.45. The number of pyridine rings is 1. The largest absolute Gasteiger partial charge is 0.480 e. The molecule has 1 atom stereocenters. The molecule has 9 heteroatoms. The Morgan fingerprint density at radius 3 is 2.85 bits per heavy atom. The van der Waals surface area contributed by atoms with Crippen LogP contribution in [0, 0.1) is 0 Å². The van der Waals surface area contributed by atoms with Crippen LogP contribution in [0.4, 0.5) is 13.2 Å². The summed E-state index contributed by atoms with van der Waals surface area (Å²) in [7, 11) is 0. The Labute approximate surface area is 157 Å². The molecule has 138 valence electrons. The molecular formula is C17H14ClF3N2O2S. The van der Waals surface area contributed by atoms with E-state index in [4.69, 9.17) is 16.3 Å². The van der Waals surface area contributed by atoms with Crippen LogP contribution in [-0.4, -0.2) is 29.3 Å². The molecule has 0 fully saturated rings. The van der Waals surface area contributed by atoms with E-state index < -0.39 is 17.8 Å². The van der Waals surface area contributed by atoms with Crippen molar-refractivity contribution in [2.45, 2.75) is 23.7 Å². The number of fused-ring (bicyclic) bond motifs is 1. The highest BCUT2D eigenvalue weighted by atomic mass is 35.5. The lowest BCUT2D eigenvalue weighted by Crippen LogP contribution is -2.38. The van der Waals surface area contributed by atoms with Crippen molar-refractivity contribution in [1.82, 2.24) is 10.3 Å². The first kappa shape index (κ1) is 18.8. The Morgan fingerprint density at radius 1 is 1.38 bits per heavy atom. The van der Waals surface area contributed by atoms with Crippen molar-refractivity contribution in [2.24, 2.45) is 0 Å². The number of alkyl halides is 3. The zero-order valence-electron chi connectivity index (χ0n) is 13.3. The van der Waals surface area contributed by atoms with E-state index in [9.17, 15) is 18.0 Å². The van der Waals surface area contributed by atoms with Gasteiger partial charge in [0.05, 0.1) is 10.6 Å². The molecule has 0 spiro atoms. The van der Waals surface area contributed by atoms with Gasteiger partial charge in [0, 0.05) is 24.9 Å². The summed E-state index contributed by atoms with van der Waals surface area (Å²) in [5.41, 5.74) is 0.0980. The number of nitrogens with one attached hydrogen (secondary N) is 1. The molecule has 1 unspecified atom stereocenters. The second-order valence-electron chi connectivity index (χ2n) is 5.57. The minimum atomic E-state index is -4.48. The molecule has 1 aliphatic rings. The molecule has 0 aliphatic carbocycles. The predicted molar refractivity (Wildman–Crippen MR) is 92.5 cm³/mol. The number of hydrogen-bond acceptors (Lipinski definition) is 4. The number of para-hydroxylation sites is 1. The standard InChI is InChI=1S/C17H14ClF3N2O2S/c18-12-8-11(17(19,20)21)9-23-16(12)26-6-5-22-15(24)14-7-10-3-1-2-4-13(10)25-14/h1-4,8-9,14H,5-7H2,(H,22,24). The van der Waals surface area contributed by atoms with E-state index in [1.807, 2.05) is 24.3 Å². The van der Waals surface area contributed by atoms with Crippen molar-refractivity contribution in [2.75, 3.05) is 12.3 Å². The van der Waals surface area contributed by atoms with Crippen molar-refractivity contribution >= 4 is 29.3 Å². The van der Waals surface area contributed by atoms with Crippen molar-refractivity contribution in [3.63, 3.8) is 0 Å². The lowest BCUT2D eigenvalue weighted by Gasteiger charge is -2.12. The van der Waals surface area contributed by atoms with Crippen LogP contribution >= 0.6 is 23.4 Å². The lowest BCUT2D eigenvalue weighted by atomic mass is 10.1. The van der Waals surface area contributed by atoms with Crippen LogP contribution in [0.15, 0.2) is 41.6 Å². The van der Waals surface area contributed by atoms with Gasteiger partial charge >= 0.3 is 6.18 Å². The average Bonchev–Trinajstić information content (AvgIpc) is 3.03. The highest BCUT2D eigenvalue weighted by Gasteiger charge is 2.31. The number of hydrogen-bond donors (Lipinski definition) is 1. The molecule has 4 nitrogen and oxygen atoms in total. The predicted octanol–water partition coefficient (Wildman–Crippen LogP) is 3.97. The van der Waals surface area contributed by atoms with Crippen LogP contribution in [-0.2, 0) is 17.4 Å². The van der Waals surface area contributed by atoms with Crippen LogP contribution in [0.25, 0.3) is 0 Å². The third-order valence-electron chi connectivity index (χ3n) is 3.71. The fourth-order valence-corrected chi connectivity index (χ4v) is 3.50. The molecule has 3 rings (SSSR count). The van der Waals surface area contributed by atoms with E-state index >= 15 is 0 Å². The molecule has 2 heterocycles. The number of benzene rings is 1. The van der Waals surface area contributed by atoms with Crippen molar-refractivity contribution in [3.8, 4) is 5.75 Å². The summed E-state index contributed by atoms with van der Waals surface area (Å²) < 4.78 is 43.3. The molecule has 2 aromatic rings. The van der Waals surface area contributed by atoms with Gasteiger partial charge in [-0.1, -0.05) is 29.8 Å². The van der Waals surface area contributed by atoms with Crippen LogP contribution in [0.5, 0.6) is 5.75 Å². The second-order valence-corrected chi connectivity index (χ2v) is 7.06. The number of thioether (sulfide) groups is 1. The van der Waals surface area contributed by atoms with Gasteiger partial charge in [0.15, 0.2) is 6.10 Å². The third-order valence-corrected chi connectivity index (χ3v) is 5.12. The maximum absolute atomic E-state index is 12.6. The SMILES string of the molecule is O=C(NCCSc1ncc(C(F)(F)F)cc1Cl)C1Cc2ccccc2O1. The van der Waals surface area contributed by atoms with Crippen LogP contribution in [0.3, 0.4) is 0 Å². The molecule has 1 amide bonds. The second kappa shape index (κ2) is 7.75. The van der Waals surface area contributed by atoms with Crippen molar-refractivity contribution in [3.05, 3.63) is 52.7 Å². The number of amides is 1. The molecule has 1 N–H and O–H groups in total. The average molecular weight is 403 g/mol. The number of rotatable bonds is 5. The number of ether oxygens (including phenoxy) is 1. The Kier molecular flexibility index (Phi) is 5.62.